The van der Waals surface area contributed by atoms with E-state index >= 15 is 0 Å². The molecule has 1 unspecified atom stereocenters. The second-order valence-corrected chi connectivity index (χ2v) is 3.57. The molecule has 0 spiro atoms. The van der Waals surface area contributed by atoms with E-state index in [0.29, 0.717) is 12.5 Å². The Balaban J connectivity index is 2.05. The Morgan fingerprint density at radius 3 is 3.06 bits per heavy atom. The van der Waals surface area contributed by atoms with Crippen LogP contribution in [0.15, 0.2) is 24.8 Å². The number of anilines is 1. The summed E-state index contributed by atoms with van der Waals surface area (Å²) in [6.45, 7) is 4.55. The molecule has 17 heavy (non-hydrogen) atoms. The smallest absolute Gasteiger partial charge is 0.218 e. The molecule has 0 radical (unpaired) electrons. The quantitative estimate of drug-likeness (QED) is 0.823. The molecule has 6 heteroatoms. The van der Waals surface area contributed by atoms with Crippen molar-refractivity contribution in [2.45, 2.75) is 19.9 Å². The van der Waals surface area contributed by atoms with Gasteiger partial charge in [0.1, 0.15) is 12.1 Å². The first-order chi connectivity index (χ1) is 8.29. The second-order valence-electron chi connectivity index (χ2n) is 3.57. The van der Waals surface area contributed by atoms with E-state index in [0.717, 1.165) is 11.4 Å². The maximum Gasteiger partial charge on any atom is 0.218 e. The van der Waals surface area contributed by atoms with Crippen LogP contribution in [0.5, 0.6) is 5.88 Å². The molecule has 0 aromatic carbocycles. The van der Waals surface area contributed by atoms with Gasteiger partial charge in [0.15, 0.2) is 0 Å². The standard InChI is InChI=1S/C11H15N5O/c1-3-17-11-4-10(12-7-13-11)16-8(2)9-5-14-15-6-9/h4-8H,3H2,1-2H3,(H,14,15)(H,12,13,16). The number of nitrogens with one attached hydrogen (secondary N) is 2. The zero-order chi connectivity index (χ0) is 12.1. The third-order valence-electron chi connectivity index (χ3n) is 2.32. The van der Waals surface area contributed by atoms with Crippen LogP contribution in [0.4, 0.5) is 5.82 Å². The van der Waals surface area contributed by atoms with Crippen molar-refractivity contribution in [3.05, 3.63) is 30.4 Å². The molecule has 1 atom stereocenters. The number of H-pyrrole nitrogens is 1. The molecule has 0 amide bonds. The molecule has 0 aliphatic rings. The van der Waals surface area contributed by atoms with E-state index in [-0.39, 0.29) is 6.04 Å². The fraction of sp³-hybridized carbons (Fsp3) is 0.364. The van der Waals surface area contributed by atoms with Crippen molar-refractivity contribution >= 4 is 5.82 Å². The van der Waals surface area contributed by atoms with Gasteiger partial charge in [-0.3, -0.25) is 5.10 Å². The van der Waals surface area contributed by atoms with Gasteiger partial charge in [-0.05, 0) is 13.8 Å². The fourth-order valence-corrected chi connectivity index (χ4v) is 1.45. The summed E-state index contributed by atoms with van der Waals surface area (Å²) in [5.41, 5.74) is 1.07. The molecule has 2 aromatic rings. The number of rotatable bonds is 5. The van der Waals surface area contributed by atoms with Crippen molar-refractivity contribution in [1.29, 1.82) is 0 Å². The van der Waals surface area contributed by atoms with Gasteiger partial charge in [0.25, 0.3) is 0 Å². The number of nitrogens with zero attached hydrogens (tertiary/aromatic N) is 3. The van der Waals surface area contributed by atoms with E-state index in [1.54, 1.807) is 12.3 Å². The topological polar surface area (TPSA) is 75.7 Å². The van der Waals surface area contributed by atoms with E-state index in [1.165, 1.54) is 6.33 Å². The van der Waals surface area contributed by atoms with Crippen LogP contribution in [-0.2, 0) is 0 Å². The summed E-state index contributed by atoms with van der Waals surface area (Å²) in [5.74, 6) is 1.31. The minimum atomic E-state index is 0.123. The largest absolute Gasteiger partial charge is 0.478 e. The molecule has 6 nitrogen and oxygen atoms in total. The van der Waals surface area contributed by atoms with Crippen LogP contribution in [0, 0.1) is 0 Å². The number of hydrogen-bond acceptors (Lipinski definition) is 5. The van der Waals surface area contributed by atoms with E-state index < -0.39 is 0 Å². The van der Waals surface area contributed by atoms with Crippen molar-refractivity contribution in [3.8, 4) is 5.88 Å². The Morgan fingerprint density at radius 2 is 2.35 bits per heavy atom. The van der Waals surface area contributed by atoms with Gasteiger partial charge in [-0.15, -0.1) is 0 Å². The first kappa shape index (κ1) is 11.4. The average molecular weight is 233 g/mol. The zero-order valence-corrected chi connectivity index (χ0v) is 9.84. The Hall–Kier alpha value is -2.11. The average Bonchev–Trinajstić information content (AvgIpc) is 2.83. The molecule has 2 rings (SSSR count). The van der Waals surface area contributed by atoms with Crippen molar-refractivity contribution in [2.24, 2.45) is 0 Å². The lowest BCUT2D eigenvalue weighted by molar-refractivity contribution is 0.326. The van der Waals surface area contributed by atoms with Crippen LogP contribution in [0.1, 0.15) is 25.5 Å². The van der Waals surface area contributed by atoms with Crippen LogP contribution in [-0.4, -0.2) is 26.8 Å². The lowest BCUT2D eigenvalue weighted by Gasteiger charge is -2.12. The van der Waals surface area contributed by atoms with Gasteiger partial charge in [-0.25, -0.2) is 9.97 Å². The third kappa shape index (κ3) is 2.93. The summed E-state index contributed by atoms with van der Waals surface area (Å²) < 4.78 is 5.31. The van der Waals surface area contributed by atoms with Crippen LogP contribution < -0.4 is 10.1 Å². The summed E-state index contributed by atoms with van der Waals surface area (Å²) in [6.07, 6.45) is 5.11. The molecule has 0 saturated heterocycles. The van der Waals surface area contributed by atoms with Crippen LogP contribution in [0.3, 0.4) is 0 Å². The Labute approximate surface area is 99.4 Å². The molecule has 90 valence electrons. The monoisotopic (exact) mass is 233 g/mol. The third-order valence-corrected chi connectivity index (χ3v) is 2.32. The van der Waals surface area contributed by atoms with Gasteiger partial charge in [0.05, 0.1) is 18.8 Å². The van der Waals surface area contributed by atoms with Gasteiger partial charge in [-0.2, -0.15) is 5.10 Å². The van der Waals surface area contributed by atoms with E-state index in [9.17, 15) is 0 Å². The van der Waals surface area contributed by atoms with Gasteiger partial charge in [0.2, 0.25) is 5.88 Å². The highest BCUT2D eigenvalue weighted by molar-refractivity contribution is 5.39. The van der Waals surface area contributed by atoms with Crippen molar-refractivity contribution in [3.63, 3.8) is 0 Å². The molecule has 0 aliphatic carbocycles. The molecule has 0 aliphatic heterocycles. The highest BCUT2D eigenvalue weighted by Crippen LogP contribution is 2.18. The first-order valence-electron chi connectivity index (χ1n) is 5.49. The number of aromatic amines is 1. The molecular formula is C11H15N5O. The van der Waals surface area contributed by atoms with Crippen molar-refractivity contribution in [1.82, 2.24) is 20.2 Å². The molecule has 2 aromatic heterocycles. The Kier molecular flexibility index (Phi) is 3.54. The predicted octanol–water partition coefficient (Wildman–Crippen LogP) is 1.77. The number of hydrogen-bond donors (Lipinski definition) is 2. The summed E-state index contributed by atoms with van der Waals surface area (Å²) in [4.78, 5) is 8.15. The first-order valence-corrected chi connectivity index (χ1v) is 5.49. The van der Waals surface area contributed by atoms with Gasteiger partial charge in [0, 0.05) is 17.8 Å². The number of ether oxygens (including phenoxy) is 1. The van der Waals surface area contributed by atoms with E-state index in [1.807, 2.05) is 20.0 Å². The molecule has 2 N–H and O–H groups in total. The molecule has 0 fully saturated rings. The maximum absolute atomic E-state index is 5.31. The van der Waals surface area contributed by atoms with E-state index in [2.05, 4.69) is 25.5 Å². The molecule has 0 saturated carbocycles. The Morgan fingerprint density at radius 1 is 1.47 bits per heavy atom. The molecule has 2 heterocycles. The minimum absolute atomic E-state index is 0.123. The molecule has 0 bridgehead atoms. The summed E-state index contributed by atoms with van der Waals surface area (Å²) >= 11 is 0. The molecular weight excluding hydrogens is 218 g/mol. The summed E-state index contributed by atoms with van der Waals surface area (Å²) in [5, 5.41) is 9.94. The van der Waals surface area contributed by atoms with Gasteiger partial charge in [-0.1, -0.05) is 0 Å². The minimum Gasteiger partial charge on any atom is -0.478 e. The summed E-state index contributed by atoms with van der Waals surface area (Å²) in [6, 6.07) is 1.90. The normalized spacial score (nSPS) is 12.1. The zero-order valence-electron chi connectivity index (χ0n) is 9.84. The predicted molar refractivity (Wildman–Crippen MR) is 63.8 cm³/mol. The van der Waals surface area contributed by atoms with Crippen LogP contribution >= 0.6 is 0 Å². The van der Waals surface area contributed by atoms with Gasteiger partial charge < -0.3 is 10.1 Å². The van der Waals surface area contributed by atoms with E-state index in [4.69, 9.17) is 4.74 Å². The van der Waals surface area contributed by atoms with Crippen LogP contribution in [0.2, 0.25) is 0 Å². The van der Waals surface area contributed by atoms with Crippen molar-refractivity contribution in [2.75, 3.05) is 11.9 Å². The highest BCUT2D eigenvalue weighted by atomic mass is 16.5. The number of aromatic nitrogens is 4. The summed E-state index contributed by atoms with van der Waals surface area (Å²) in [7, 11) is 0. The van der Waals surface area contributed by atoms with Crippen molar-refractivity contribution < 1.29 is 4.74 Å². The van der Waals surface area contributed by atoms with Crippen LogP contribution in [0.25, 0.3) is 0 Å². The SMILES string of the molecule is CCOc1cc(NC(C)c2cn[nH]c2)ncn1. The highest BCUT2D eigenvalue weighted by Gasteiger charge is 2.07. The fourth-order valence-electron chi connectivity index (χ4n) is 1.45. The maximum atomic E-state index is 5.31. The Bertz CT molecular complexity index is 457. The lowest BCUT2D eigenvalue weighted by atomic mass is 10.2. The van der Waals surface area contributed by atoms with Gasteiger partial charge >= 0.3 is 0 Å². The lowest BCUT2D eigenvalue weighted by Crippen LogP contribution is -2.07. The second kappa shape index (κ2) is 5.29.